The first-order chi connectivity index (χ1) is 8.56. The molecule has 0 saturated heterocycles. The second-order valence-electron chi connectivity index (χ2n) is 4.43. The molecular formula is C15H16FNO. The molecule has 0 bridgehead atoms. The molecule has 0 heterocycles. The van der Waals surface area contributed by atoms with E-state index in [-0.39, 0.29) is 12.3 Å². The molecule has 2 rings (SSSR count). The average molecular weight is 245 g/mol. The van der Waals surface area contributed by atoms with Crippen LogP contribution in [-0.2, 0) is 6.61 Å². The van der Waals surface area contributed by atoms with E-state index in [1.807, 2.05) is 26.0 Å². The quantitative estimate of drug-likeness (QED) is 0.838. The molecule has 0 atom stereocenters. The van der Waals surface area contributed by atoms with Gasteiger partial charge in [-0.25, -0.2) is 4.39 Å². The van der Waals surface area contributed by atoms with Crippen LogP contribution >= 0.6 is 0 Å². The molecular weight excluding hydrogens is 229 g/mol. The zero-order valence-corrected chi connectivity index (χ0v) is 10.5. The summed E-state index contributed by atoms with van der Waals surface area (Å²) in [6.07, 6.45) is 0. The number of benzene rings is 2. The first-order valence-corrected chi connectivity index (χ1v) is 5.80. The van der Waals surface area contributed by atoms with E-state index in [9.17, 15) is 4.39 Å². The predicted molar refractivity (Wildman–Crippen MR) is 71.1 cm³/mol. The molecule has 0 aliphatic carbocycles. The standard InChI is InChI=1S/C15H16FNO/c1-10-6-11(2)8-13(7-10)18-9-12-4-3-5-14(17)15(12)16/h3-8H,9,17H2,1-2H3. The van der Waals surface area contributed by atoms with Gasteiger partial charge in [0.05, 0.1) is 5.69 Å². The fourth-order valence-corrected chi connectivity index (χ4v) is 1.89. The van der Waals surface area contributed by atoms with Crippen LogP contribution in [0.2, 0.25) is 0 Å². The summed E-state index contributed by atoms with van der Waals surface area (Å²) in [5.41, 5.74) is 8.37. The van der Waals surface area contributed by atoms with Crippen LogP contribution in [0.15, 0.2) is 36.4 Å². The summed E-state index contributed by atoms with van der Waals surface area (Å²) in [5, 5.41) is 0. The second-order valence-corrected chi connectivity index (χ2v) is 4.43. The minimum Gasteiger partial charge on any atom is -0.489 e. The molecule has 2 aromatic rings. The van der Waals surface area contributed by atoms with Crippen LogP contribution in [0.3, 0.4) is 0 Å². The number of halogens is 1. The number of hydrogen-bond donors (Lipinski definition) is 1. The topological polar surface area (TPSA) is 35.2 Å². The lowest BCUT2D eigenvalue weighted by Crippen LogP contribution is -2.01. The van der Waals surface area contributed by atoms with Crippen LogP contribution in [0.5, 0.6) is 5.75 Å². The van der Waals surface area contributed by atoms with E-state index in [1.54, 1.807) is 12.1 Å². The Balaban J connectivity index is 2.14. The summed E-state index contributed by atoms with van der Waals surface area (Å²) in [5.74, 6) is 0.344. The Labute approximate surface area is 106 Å². The van der Waals surface area contributed by atoms with E-state index in [1.165, 1.54) is 6.07 Å². The minimum atomic E-state index is -0.401. The first-order valence-electron chi connectivity index (χ1n) is 5.80. The van der Waals surface area contributed by atoms with Crippen molar-refractivity contribution in [2.45, 2.75) is 20.5 Å². The number of anilines is 1. The van der Waals surface area contributed by atoms with Gasteiger partial charge in [0.2, 0.25) is 0 Å². The van der Waals surface area contributed by atoms with Crippen molar-refractivity contribution in [3.8, 4) is 5.75 Å². The van der Waals surface area contributed by atoms with E-state index in [0.717, 1.165) is 16.9 Å². The molecule has 0 aliphatic rings. The Morgan fingerprint density at radius 2 is 1.78 bits per heavy atom. The summed E-state index contributed by atoms with van der Waals surface area (Å²) < 4.78 is 19.3. The lowest BCUT2D eigenvalue weighted by Gasteiger charge is -2.09. The highest BCUT2D eigenvalue weighted by Gasteiger charge is 2.06. The molecule has 2 aromatic carbocycles. The van der Waals surface area contributed by atoms with E-state index in [2.05, 4.69) is 6.07 Å². The Hall–Kier alpha value is -2.03. The molecule has 0 radical (unpaired) electrons. The van der Waals surface area contributed by atoms with Crippen molar-refractivity contribution in [3.05, 3.63) is 58.9 Å². The van der Waals surface area contributed by atoms with Gasteiger partial charge in [-0.1, -0.05) is 18.2 Å². The molecule has 94 valence electrons. The Morgan fingerprint density at radius 1 is 1.11 bits per heavy atom. The predicted octanol–water partition coefficient (Wildman–Crippen LogP) is 3.60. The fraction of sp³-hybridized carbons (Fsp3) is 0.200. The van der Waals surface area contributed by atoms with E-state index < -0.39 is 5.82 Å². The molecule has 0 aromatic heterocycles. The summed E-state index contributed by atoms with van der Waals surface area (Å²) in [6.45, 7) is 4.18. The van der Waals surface area contributed by atoms with Gasteiger partial charge in [0, 0.05) is 5.56 Å². The highest BCUT2D eigenvalue weighted by molar-refractivity contribution is 5.43. The van der Waals surface area contributed by atoms with Crippen LogP contribution in [0.25, 0.3) is 0 Å². The van der Waals surface area contributed by atoms with Gasteiger partial charge in [0.1, 0.15) is 12.4 Å². The Morgan fingerprint density at radius 3 is 2.44 bits per heavy atom. The zero-order chi connectivity index (χ0) is 13.1. The normalized spacial score (nSPS) is 10.4. The van der Waals surface area contributed by atoms with Crippen molar-refractivity contribution in [3.63, 3.8) is 0 Å². The number of ether oxygens (including phenoxy) is 1. The molecule has 0 unspecified atom stereocenters. The number of rotatable bonds is 3. The summed E-state index contributed by atoms with van der Waals surface area (Å²) in [7, 11) is 0. The van der Waals surface area contributed by atoms with Crippen molar-refractivity contribution in [2.75, 3.05) is 5.73 Å². The largest absolute Gasteiger partial charge is 0.489 e. The third-order valence-corrected chi connectivity index (χ3v) is 2.70. The maximum atomic E-state index is 13.7. The molecule has 18 heavy (non-hydrogen) atoms. The third kappa shape index (κ3) is 2.80. The lowest BCUT2D eigenvalue weighted by atomic mass is 10.1. The van der Waals surface area contributed by atoms with Gasteiger partial charge in [-0.3, -0.25) is 0 Å². The molecule has 3 heteroatoms. The molecule has 0 amide bonds. The average Bonchev–Trinajstić information content (AvgIpc) is 2.30. The van der Waals surface area contributed by atoms with Gasteiger partial charge in [0.25, 0.3) is 0 Å². The molecule has 0 aliphatic heterocycles. The number of nitrogen functional groups attached to an aromatic ring is 1. The van der Waals surface area contributed by atoms with Crippen molar-refractivity contribution < 1.29 is 9.13 Å². The summed E-state index contributed by atoms with van der Waals surface area (Å²) in [6, 6.07) is 10.9. The van der Waals surface area contributed by atoms with Gasteiger partial charge in [-0.2, -0.15) is 0 Å². The first kappa shape index (κ1) is 12.4. The van der Waals surface area contributed by atoms with E-state index in [4.69, 9.17) is 10.5 Å². The molecule has 2 N–H and O–H groups in total. The van der Waals surface area contributed by atoms with Gasteiger partial charge in [-0.15, -0.1) is 0 Å². The molecule has 2 nitrogen and oxygen atoms in total. The molecule has 0 saturated carbocycles. The van der Waals surface area contributed by atoms with Crippen LogP contribution in [-0.4, -0.2) is 0 Å². The van der Waals surface area contributed by atoms with Crippen molar-refractivity contribution in [1.29, 1.82) is 0 Å². The monoisotopic (exact) mass is 245 g/mol. The minimum absolute atomic E-state index is 0.150. The fourth-order valence-electron chi connectivity index (χ4n) is 1.89. The van der Waals surface area contributed by atoms with Crippen LogP contribution in [0.4, 0.5) is 10.1 Å². The van der Waals surface area contributed by atoms with E-state index >= 15 is 0 Å². The van der Waals surface area contributed by atoms with Gasteiger partial charge < -0.3 is 10.5 Å². The molecule has 0 spiro atoms. The SMILES string of the molecule is Cc1cc(C)cc(OCc2cccc(N)c2F)c1. The van der Waals surface area contributed by atoms with Crippen molar-refractivity contribution in [1.82, 2.24) is 0 Å². The highest BCUT2D eigenvalue weighted by Crippen LogP contribution is 2.20. The zero-order valence-electron chi connectivity index (χ0n) is 10.5. The van der Waals surface area contributed by atoms with Crippen LogP contribution in [0.1, 0.15) is 16.7 Å². The maximum absolute atomic E-state index is 13.7. The van der Waals surface area contributed by atoms with Crippen molar-refractivity contribution in [2.24, 2.45) is 0 Å². The van der Waals surface area contributed by atoms with E-state index in [0.29, 0.717) is 5.56 Å². The summed E-state index contributed by atoms with van der Waals surface area (Å²) >= 11 is 0. The second kappa shape index (κ2) is 5.08. The Kier molecular flexibility index (Phi) is 3.51. The third-order valence-electron chi connectivity index (χ3n) is 2.70. The van der Waals surface area contributed by atoms with Gasteiger partial charge in [-0.05, 0) is 43.2 Å². The number of aryl methyl sites for hydroxylation is 2. The maximum Gasteiger partial charge on any atom is 0.152 e. The summed E-state index contributed by atoms with van der Waals surface area (Å²) in [4.78, 5) is 0. The molecule has 0 fully saturated rings. The lowest BCUT2D eigenvalue weighted by molar-refractivity contribution is 0.299. The number of hydrogen-bond acceptors (Lipinski definition) is 2. The van der Waals surface area contributed by atoms with Crippen LogP contribution in [0, 0.1) is 19.7 Å². The van der Waals surface area contributed by atoms with Gasteiger partial charge >= 0.3 is 0 Å². The van der Waals surface area contributed by atoms with Gasteiger partial charge in [0.15, 0.2) is 5.82 Å². The van der Waals surface area contributed by atoms with Crippen LogP contribution < -0.4 is 10.5 Å². The smallest absolute Gasteiger partial charge is 0.152 e. The Bertz CT molecular complexity index is 546. The highest BCUT2D eigenvalue weighted by atomic mass is 19.1. The van der Waals surface area contributed by atoms with Crippen molar-refractivity contribution >= 4 is 5.69 Å². The number of nitrogens with two attached hydrogens (primary N) is 1.